The van der Waals surface area contributed by atoms with Gasteiger partial charge in [-0.15, -0.1) is 0 Å². The lowest BCUT2D eigenvalue weighted by atomic mass is 9.84. The Morgan fingerprint density at radius 2 is 1.34 bits per heavy atom. The average molecular weight is 470 g/mol. The summed E-state index contributed by atoms with van der Waals surface area (Å²) in [5.41, 5.74) is 4.06. The molecule has 0 saturated heterocycles. The summed E-state index contributed by atoms with van der Waals surface area (Å²) in [6, 6.07) is 30.3. The normalized spacial score (nSPS) is 18.5. The van der Waals surface area contributed by atoms with Gasteiger partial charge in [-0.05, 0) is 35.6 Å². The second-order valence-electron chi connectivity index (χ2n) is 8.92. The molecule has 0 aromatic heterocycles. The quantitative estimate of drug-likeness (QED) is 0.415. The highest BCUT2D eigenvalue weighted by Crippen LogP contribution is 2.32. The van der Waals surface area contributed by atoms with Crippen LogP contribution < -0.4 is 0 Å². The van der Waals surface area contributed by atoms with E-state index in [1.54, 1.807) is 6.92 Å². The maximum absolute atomic E-state index is 12.9. The van der Waals surface area contributed by atoms with Crippen LogP contribution in [0.4, 0.5) is 0 Å². The van der Waals surface area contributed by atoms with Crippen molar-refractivity contribution in [1.29, 1.82) is 0 Å². The number of esters is 2. The van der Waals surface area contributed by atoms with E-state index in [-0.39, 0.29) is 6.04 Å². The lowest BCUT2D eigenvalue weighted by Gasteiger charge is -2.41. The molecule has 3 aromatic rings. The number of hydrogen-bond donors (Lipinski definition) is 0. The number of nitrogens with zero attached hydrogens (tertiary/aromatic N) is 1. The van der Waals surface area contributed by atoms with Crippen molar-refractivity contribution in [2.24, 2.45) is 5.92 Å². The molecule has 0 bridgehead atoms. The average Bonchev–Trinajstić information content (AvgIpc) is 2.88. The number of carbonyl (C=O) groups excluding carboxylic acids is 2. The van der Waals surface area contributed by atoms with Crippen LogP contribution in [0.5, 0.6) is 0 Å². The summed E-state index contributed by atoms with van der Waals surface area (Å²) < 4.78 is 11.1. The highest BCUT2D eigenvalue weighted by Gasteiger charge is 2.44. The van der Waals surface area contributed by atoms with E-state index >= 15 is 0 Å². The van der Waals surface area contributed by atoms with Gasteiger partial charge in [-0.2, -0.15) is 0 Å². The molecule has 3 aromatic carbocycles. The van der Waals surface area contributed by atoms with Crippen molar-refractivity contribution in [3.05, 3.63) is 119 Å². The van der Waals surface area contributed by atoms with Crippen molar-refractivity contribution in [3.63, 3.8) is 0 Å². The minimum absolute atomic E-state index is 0.269. The molecule has 5 heteroatoms. The van der Waals surface area contributed by atoms with Gasteiger partial charge >= 0.3 is 11.9 Å². The van der Waals surface area contributed by atoms with Crippen LogP contribution in [-0.4, -0.2) is 36.1 Å². The Bertz CT molecular complexity index is 1100. The van der Waals surface area contributed by atoms with Crippen LogP contribution in [-0.2, 0) is 38.6 Å². The Morgan fingerprint density at radius 1 is 0.857 bits per heavy atom. The van der Waals surface area contributed by atoms with Gasteiger partial charge in [-0.25, -0.2) is 4.79 Å². The maximum atomic E-state index is 12.9. The minimum atomic E-state index is -0.687. The Labute approximate surface area is 207 Å². The lowest BCUT2D eigenvalue weighted by molar-refractivity contribution is -0.162. The Kier molecular flexibility index (Phi) is 8.11. The van der Waals surface area contributed by atoms with E-state index < -0.39 is 24.0 Å². The monoisotopic (exact) mass is 469 g/mol. The molecule has 0 radical (unpaired) electrons. The molecule has 1 heterocycles. The first kappa shape index (κ1) is 24.4. The molecule has 0 unspecified atom stereocenters. The highest BCUT2D eigenvalue weighted by molar-refractivity contribution is 5.88. The third-order valence-corrected chi connectivity index (χ3v) is 6.46. The molecule has 35 heavy (non-hydrogen) atoms. The van der Waals surface area contributed by atoms with E-state index in [1.807, 2.05) is 54.6 Å². The summed E-state index contributed by atoms with van der Waals surface area (Å²) in [6.45, 7) is 3.07. The number of cyclic esters (lactones) is 1. The summed E-state index contributed by atoms with van der Waals surface area (Å²) >= 11 is 0. The van der Waals surface area contributed by atoms with Gasteiger partial charge in [0.05, 0.1) is 13.2 Å². The smallest absolute Gasteiger partial charge is 0.331 e. The molecular formula is C30H31NO4. The van der Waals surface area contributed by atoms with Crippen molar-refractivity contribution < 1.29 is 19.1 Å². The van der Waals surface area contributed by atoms with Gasteiger partial charge in [-0.1, -0.05) is 91.0 Å². The number of rotatable bonds is 9. The van der Waals surface area contributed by atoms with Crippen LogP contribution in [0.3, 0.4) is 0 Å². The molecule has 0 N–H and O–H groups in total. The van der Waals surface area contributed by atoms with Crippen LogP contribution in [0.15, 0.2) is 103 Å². The summed E-state index contributed by atoms with van der Waals surface area (Å²) in [4.78, 5) is 27.8. The molecule has 0 aliphatic carbocycles. The summed E-state index contributed by atoms with van der Waals surface area (Å²) in [5.74, 6) is -1.49. The fraction of sp³-hybridized carbons (Fsp3) is 0.267. The number of carbonyl (C=O) groups is 2. The summed E-state index contributed by atoms with van der Waals surface area (Å²) in [5, 5.41) is 0. The Balaban J connectivity index is 1.78. The molecule has 0 saturated carbocycles. The molecule has 0 spiro atoms. The van der Waals surface area contributed by atoms with Crippen molar-refractivity contribution in [2.75, 3.05) is 7.11 Å². The second kappa shape index (κ2) is 11.6. The van der Waals surface area contributed by atoms with Crippen molar-refractivity contribution in [3.8, 4) is 0 Å². The molecule has 5 nitrogen and oxygen atoms in total. The predicted molar refractivity (Wildman–Crippen MR) is 135 cm³/mol. The Morgan fingerprint density at radius 3 is 1.83 bits per heavy atom. The van der Waals surface area contributed by atoms with Crippen molar-refractivity contribution in [1.82, 2.24) is 4.90 Å². The fourth-order valence-electron chi connectivity index (χ4n) is 4.75. The SMILES string of the molecule is COC(=O)[C@H]1C(C)=CC(=O)O[C@@H]1[C@@H](Cc1ccccc1)N(Cc1ccccc1)Cc1ccccc1. The molecule has 3 atom stereocenters. The zero-order chi connectivity index (χ0) is 24.6. The number of methoxy groups -OCH3 is 1. The maximum Gasteiger partial charge on any atom is 0.331 e. The largest absolute Gasteiger partial charge is 0.468 e. The van der Waals surface area contributed by atoms with Gasteiger partial charge < -0.3 is 9.47 Å². The topological polar surface area (TPSA) is 55.8 Å². The third kappa shape index (κ3) is 6.25. The third-order valence-electron chi connectivity index (χ3n) is 6.46. The van der Waals surface area contributed by atoms with Gasteiger partial charge in [0.1, 0.15) is 12.0 Å². The van der Waals surface area contributed by atoms with Gasteiger partial charge in [-0.3, -0.25) is 9.69 Å². The van der Waals surface area contributed by atoms with Crippen LogP contribution in [0.2, 0.25) is 0 Å². The minimum Gasteiger partial charge on any atom is -0.468 e. The summed E-state index contributed by atoms with van der Waals surface area (Å²) in [6.07, 6.45) is 1.32. The molecular weight excluding hydrogens is 438 g/mol. The van der Waals surface area contributed by atoms with E-state index in [0.29, 0.717) is 25.1 Å². The molecule has 180 valence electrons. The molecule has 4 rings (SSSR count). The standard InChI is InChI=1S/C30H31NO4/c1-22-18-27(32)35-29(28(22)30(33)34-2)26(19-23-12-6-3-7-13-23)31(20-24-14-8-4-9-15-24)21-25-16-10-5-11-17-25/h3-18,26,28-29H,19-21H2,1-2H3/t26-,28+,29-/m1/s1. The van der Waals surface area contributed by atoms with Crippen LogP contribution in [0, 0.1) is 5.92 Å². The molecule has 0 fully saturated rings. The predicted octanol–water partition coefficient (Wildman–Crippen LogP) is 4.96. The zero-order valence-corrected chi connectivity index (χ0v) is 20.2. The lowest BCUT2D eigenvalue weighted by Crippen LogP contribution is -2.53. The van der Waals surface area contributed by atoms with Crippen LogP contribution in [0.1, 0.15) is 23.6 Å². The Hall–Kier alpha value is -3.70. The molecule has 1 aliphatic rings. The van der Waals surface area contributed by atoms with E-state index in [9.17, 15) is 9.59 Å². The van der Waals surface area contributed by atoms with E-state index in [4.69, 9.17) is 9.47 Å². The van der Waals surface area contributed by atoms with Gasteiger partial charge in [0.15, 0.2) is 0 Å². The first-order chi connectivity index (χ1) is 17.0. The molecule has 0 amide bonds. The molecule has 1 aliphatic heterocycles. The van der Waals surface area contributed by atoms with Gasteiger partial charge in [0.25, 0.3) is 0 Å². The van der Waals surface area contributed by atoms with Crippen molar-refractivity contribution in [2.45, 2.75) is 38.6 Å². The highest BCUT2D eigenvalue weighted by atomic mass is 16.6. The van der Waals surface area contributed by atoms with E-state index in [1.165, 1.54) is 13.2 Å². The van der Waals surface area contributed by atoms with Gasteiger partial charge in [0, 0.05) is 19.2 Å². The first-order valence-electron chi connectivity index (χ1n) is 11.9. The summed E-state index contributed by atoms with van der Waals surface area (Å²) in [7, 11) is 1.38. The van der Waals surface area contributed by atoms with Gasteiger partial charge in [0.2, 0.25) is 0 Å². The van der Waals surface area contributed by atoms with E-state index in [0.717, 1.165) is 16.7 Å². The number of ether oxygens (including phenoxy) is 2. The van der Waals surface area contributed by atoms with Crippen molar-refractivity contribution >= 4 is 11.9 Å². The van der Waals surface area contributed by atoms with E-state index in [2.05, 4.69) is 41.3 Å². The van der Waals surface area contributed by atoms with Crippen LogP contribution >= 0.6 is 0 Å². The van der Waals surface area contributed by atoms with Crippen LogP contribution in [0.25, 0.3) is 0 Å². The number of hydrogen-bond acceptors (Lipinski definition) is 5. The fourth-order valence-corrected chi connectivity index (χ4v) is 4.75. The first-order valence-corrected chi connectivity index (χ1v) is 11.9. The second-order valence-corrected chi connectivity index (χ2v) is 8.92. The zero-order valence-electron chi connectivity index (χ0n) is 20.2. The number of benzene rings is 3.